The van der Waals surface area contributed by atoms with Gasteiger partial charge in [0, 0.05) is 115 Å². The molecule has 1 aromatic heterocycles. The highest BCUT2D eigenvalue weighted by atomic mass is 16.6. The first-order valence-electron chi connectivity index (χ1n) is 31.7. The number of piperazine rings is 1. The first kappa shape index (κ1) is 71.3. The van der Waals surface area contributed by atoms with Gasteiger partial charge in [-0.3, -0.25) is 24.0 Å². The summed E-state index contributed by atoms with van der Waals surface area (Å²) in [4.78, 5) is 111. The highest BCUT2D eigenvalue weighted by Crippen LogP contribution is 2.38. The van der Waals surface area contributed by atoms with Crippen molar-refractivity contribution >= 4 is 47.2 Å². The van der Waals surface area contributed by atoms with Gasteiger partial charge < -0.3 is 69.5 Å². The molecular weight excluding hydrogens is 1130 g/mol. The number of aliphatic hydroxyl groups is 3. The molecule has 5 aliphatic rings. The molecule has 0 spiro atoms. The van der Waals surface area contributed by atoms with Gasteiger partial charge in [0.2, 0.25) is 17.6 Å². The van der Waals surface area contributed by atoms with Gasteiger partial charge in [-0.25, -0.2) is 19.6 Å². The van der Waals surface area contributed by atoms with Gasteiger partial charge in [0.25, 0.3) is 11.7 Å². The number of esters is 1. The first-order chi connectivity index (χ1) is 42.0. The third-order valence-electron chi connectivity index (χ3n) is 18.1. The second-order valence-electron chi connectivity index (χ2n) is 24.9. The highest BCUT2D eigenvalue weighted by molar-refractivity contribution is 6.39. The van der Waals surface area contributed by atoms with Crippen molar-refractivity contribution in [3.63, 3.8) is 0 Å². The van der Waals surface area contributed by atoms with Crippen LogP contribution in [0.4, 0.5) is 10.7 Å². The Morgan fingerprint density at radius 3 is 2.26 bits per heavy atom. The number of anilines is 1. The third-order valence-corrected chi connectivity index (χ3v) is 18.1. The van der Waals surface area contributed by atoms with Crippen LogP contribution in [0.2, 0.25) is 0 Å². The van der Waals surface area contributed by atoms with E-state index in [4.69, 9.17) is 34.2 Å². The maximum absolute atomic E-state index is 14.6. The lowest BCUT2D eigenvalue weighted by atomic mass is 9.80. The number of nitrogens with two attached hydrogens (primary N) is 1. The van der Waals surface area contributed by atoms with Crippen LogP contribution in [0.25, 0.3) is 0 Å². The second-order valence-corrected chi connectivity index (χ2v) is 24.9. The number of aromatic nitrogens is 2. The second kappa shape index (κ2) is 34.4. The summed E-state index contributed by atoms with van der Waals surface area (Å²) in [7, 11) is 3.07. The molecule has 6 N–H and O–H groups in total. The average Bonchev–Trinajstić information content (AvgIpc) is 1.21. The Bertz CT molecular complexity index is 2630. The van der Waals surface area contributed by atoms with Gasteiger partial charge in [0.15, 0.2) is 5.78 Å². The van der Waals surface area contributed by atoms with Crippen LogP contribution in [0, 0.1) is 29.6 Å². The number of ether oxygens (including phenoxy) is 6. The monoisotopic (exact) mass is 1230 g/mol. The van der Waals surface area contributed by atoms with Crippen LogP contribution < -0.4 is 16.0 Å². The molecule has 6 rings (SSSR count). The van der Waals surface area contributed by atoms with Crippen molar-refractivity contribution in [2.75, 3.05) is 65.1 Å². The van der Waals surface area contributed by atoms with Crippen LogP contribution in [-0.2, 0) is 63.7 Å². The number of aliphatic hydroxyl groups excluding tert-OH is 2. The summed E-state index contributed by atoms with van der Waals surface area (Å²) < 4.78 is 35.5. The van der Waals surface area contributed by atoms with E-state index in [1.807, 2.05) is 61.0 Å². The summed E-state index contributed by atoms with van der Waals surface area (Å²) in [5.41, 5.74) is 8.67. The minimum atomic E-state index is -2.50. The van der Waals surface area contributed by atoms with Crippen LogP contribution >= 0.6 is 0 Å². The van der Waals surface area contributed by atoms with Gasteiger partial charge in [-0.1, -0.05) is 71.1 Å². The summed E-state index contributed by atoms with van der Waals surface area (Å²) in [6.45, 7) is 15.7. The molecule has 5 heterocycles. The van der Waals surface area contributed by atoms with E-state index < -0.39 is 120 Å². The van der Waals surface area contributed by atoms with Crippen molar-refractivity contribution in [3.05, 3.63) is 65.6 Å². The number of fused-ring (bicyclic) bond motifs is 3. The number of amides is 3. The number of cyclic esters (lactones) is 1. The van der Waals surface area contributed by atoms with Crippen LogP contribution in [0.1, 0.15) is 144 Å². The molecule has 1 saturated carbocycles. The van der Waals surface area contributed by atoms with E-state index in [9.17, 15) is 48.9 Å². The molecule has 4 fully saturated rings. The quantitative estimate of drug-likeness (QED) is 0.0673. The Morgan fingerprint density at radius 1 is 0.841 bits per heavy atom. The molecule has 23 nitrogen and oxygen atoms in total. The van der Waals surface area contributed by atoms with Gasteiger partial charge >= 0.3 is 12.1 Å². The number of alkyl carbamates (subject to hydrolysis) is 1. The largest absolute Gasteiger partial charge is 0.459 e. The predicted molar refractivity (Wildman–Crippen MR) is 327 cm³/mol. The standard InChI is InChI=1S/C65H99N7O16/c1-10-29-85-30-23-56(74)70-25-27-71(28-26-70)63-67-37-47(38-68-63)39-69-64(81)87-52-22-20-46(34-55(52)84-9)33-49(66)54-36-51(73)42(4)32-44(6)58(76)59(77)57(75)43(5)31-40(2)16-12-11-13-17-41(3)53(83-8)35-48-21-19-45(7)65(82,88-48)60(78)61(79)72-24-15-14-18-50(72)62(80)86-54/h11-13,16-17,32,37-38,40,42-43,45-46,48-50,52-55,58-59,76-77,82H,10,14-15,18-31,33-36,39,66H2,1-9H3,(H,69,81)/b13-11+,16-12+,41-17+,44-32+/t40-,42-,43-,45-,46+,48+,49-,50+,52-,53+,54+,55-,58-,59+,65-/m1/s1. The first-order valence-corrected chi connectivity index (χ1v) is 31.7. The van der Waals surface area contributed by atoms with E-state index in [1.165, 1.54) is 20.1 Å². The number of allylic oxidation sites excluding steroid dienone is 6. The van der Waals surface area contributed by atoms with E-state index in [1.54, 1.807) is 40.3 Å². The number of rotatable bonds is 14. The Labute approximate surface area is 519 Å². The average molecular weight is 1230 g/mol. The lowest BCUT2D eigenvalue weighted by Crippen LogP contribution is -2.61. The summed E-state index contributed by atoms with van der Waals surface area (Å²) in [6, 6.07) is -2.23. The summed E-state index contributed by atoms with van der Waals surface area (Å²) in [5.74, 6) is -8.64. The number of nitrogens with one attached hydrogen (secondary N) is 1. The van der Waals surface area contributed by atoms with Crippen molar-refractivity contribution in [2.45, 2.75) is 206 Å². The molecule has 1 aromatic rings. The minimum absolute atomic E-state index is 0.00543. The third kappa shape index (κ3) is 19.9. The fourth-order valence-electron chi connectivity index (χ4n) is 12.5. The zero-order valence-electron chi connectivity index (χ0n) is 53.2. The van der Waals surface area contributed by atoms with Crippen LogP contribution in [-0.4, -0.2) is 197 Å². The van der Waals surface area contributed by atoms with E-state index >= 15 is 0 Å². The smallest absolute Gasteiger partial charge is 0.407 e. The van der Waals surface area contributed by atoms with Gasteiger partial charge in [-0.05, 0) is 107 Å². The Morgan fingerprint density at radius 2 is 1.57 bits per heavy atom. The number of Topliss-reactive ketones (excluding diaryl/α,β-unsaturated/α-hetero) is 3. The minimum Gasteiger partial charge on any atom is -0.459 e. The number of nitrogens with zero attached hydrogens (tertiary/aromatic N) is 5. The maximum Gasteiger partial charge on any atom is 0.407 e. The number of carbonyl (C=O) groups excluding carboxylic acids is 7. The molecule has 23 heteroatoms. The Kier molecular flexibility index (Phi) is 27.9. The van der Waals surface area contributed by atoms with Crippen molar-refractivity contribution in [3.8, 4) is 0 Å². The molecule has 3 amide bonds. The molecule has 0 aromatic carbocycles. The fraction of sp³-hybridized carbons (Fsp3) is 0.708. The number of hydrogen-bond donors (Lipinski definition) is 5. The van der Waals surface area contributed by atoms with E-state index in [0.717, 1.165) is 16.9 Å². The van der Waals surface area contributed by atoms with Gasteiger partial charge in [0.1, 0.15) is 36.2 Å². The SMILES string of the molecule is CCCOCCC(=O)N1CCN(c2ncc(CNC(=O)O[C@@H]3CC[C@@H](C[C@@H](N)[C@@H]4CC(=O)[C@H](C)/C=C(\C)[C@@H](O)[C@@H](O)C(=O)[C@H](C)C[C@H](C)/C=C/C=C/C=C(\C)[C@@H](OC)C[C@@H]5CC[C@@H](C)[C@@](O)(O5)C(=O)C(=O)N5CCCC[C@H]5C(=O)O4)C[C@H]3OC)cn2)CC1. The Hall–Kier alpha value is -5.79. The number of piperidine rings is 1. The molecule has 0 unspecified atom stereocenters. The zero-order valence-corrected chi connectivity index (χ0v) is 53.2. The number of hydrogen-bond acceptors (Lipinski definition) is 20. The van der Waals surface area contributed by atoms with Crippen molar-refractivity contribution in [1.29, 1.82) is 0 Å². The molecule has 15 atom stereocenters. The fourth-order valence-corrected chi connectivity index (χ4v) is 12.5. The molecular formula is C65H99N7O16. The summed E-state index contributed by atoms with van der Waals surface area (Å²) in [6.07, 6.45) is 11.4. The van der Waals surface area contributed by atoms with Gasteiger partial charge in [0.05, 0.1) is 31.3 Å². The number of ketones is 3. The maximum atomic E-state index is 14.6. The zero-order chi connectivity index (χ0) is 64.2. The van der Waals surface area contributed by atoms with Gasteiger partial charge in [-0.2, -0.15) is 0 Å². The summed E-state index contributed by atoms with van der Waals surface area (Å²) >= 11 is 0. The van der Waals surface area contributed by atoms with Gasteiger partial charge in [-0.15, -0.1) is 0 Å². The van der Waals surface area contributed by atoms with Crippen LogP contribution in [0.15, 0.2) is 60.0 Å². The lowest BCUT2D eigenvalue weighted by molar-refractivity contribution is -0.265. The molecule has 1 aliphatic carbocycles. The molecule has 4 aliphatic heterocycles. The number of carbonyl (C=O) groups is 7. The molecule has 490 valence electrons. The highest BCUT2D eigenvalue weighted by Gasteiger charge is 2.53. The van der Waals surface area contributed by atoms with Crippen molar-refractivity contribution in [2.24, 2.45) is 35.3 Å². The predicted octanol–water partition coefficient (Wildman–Crippen LogP) is 5.41. The van der Waals surface area contributed by atoms with E-state index in [-0.39, 0.29) is 55.7 Å². The molecule has 88 heavy (non-hydrogen) atoms. The molecule has 2 bridgehead atoms. The van der Waals surface area contributed by atoms with Crippen LogP contribution in [0.3, 0.4) is 0 Å². The number of methoxy groups -OCH3 is 2. The molecule has 3 saturated heterocycles. The Balaban J connectivity index is 1.14. The lowest BCUT2D eigenvalue weighted by Gasteiger charge is -2.42. The summed E-state index contributed by atoms with van der Waals surface area (Å²) in [5, 5.41) is 37.3. The van der Waals surface area contributed by atoms with Crippen molar-refractivity contribution in [1.82, 2.24) is 25.1 Å². The topological polar surface area (TPSA) is 309 Å². The van der Waals surface area contributed by atoms with E-state index in [2.05, 4.69) is 15.3 Å². The van der Waals surface area contributed by atoms with E-state index in [0.29, 0.717) is 109 Å². The normalized spacial score (nSPS) is 33.9. The van der Waals surface area contributed by atoms with Crippen LogP contribution in [0.5, 0.6) is 0 Å². The van der Waals surface area contributed by atoms with Crippen molar-refractivity contribution < 1.29 is 77.3 Å². The molecule has 0 radical (unpaired) electrons.